The second kappa shape index (κ2) is 13.0. The van der Waals surface area contributed by atoms with Gasteiger partial charge in [-0.2, -0.15) is 0 Å². The summed E-state index contributed by atoms with van der Waals surface area (Å²) < 4.78 is 26.1. The maximum atomic E-state index is 14.3. The van der Waals surface area contributed by atoms with Crippen molar-refractivity contribution in [2.75, 3.05) is 44.8 Å². The third-order valence-corrected chi connectivity index (χ3v) is 8.17. The molecule has 8 heteroatoms. The molecule has 0 amide bonds. The average molecular weight is 526 g/mol. The van der Waals surface area contributed by atoms with Crippen molar-refractivity contribution in [3.05, 3.63) is 58.5 Å². The smallest absolute Gasteiger partial charge is 0.325 e. The van der Waals surface area contributed by atoms with E-state index in [0.29, 0.717) is 44.2 Å². The fraction of sp³-hybridized carbons (Fsp3) is 0.600. The van der Waals surface area contributed by atoms with E-state index in [1.807, 2.05) is 4.90 Å². The molecular formula is C30H40FN3O4. The molecule has 2 fully saturated rings. The molecule has 0 aliphatic carbocycles. The minimum absolute atomic E-state index is 0.0682. The summed E-state index contributed by atoms with van der Waals surface area (Å²) in [5.41, 5.74) is 3.78. The second-order valence-electron chi connectivity index (χ2n) is 10.9. The van der Waals surface area contributed by atoms with Crippen LogP contribution in [0.4, 0.5) is 10.2 Å². The predicted octanol–water partition coefficient (Wildman–Crippen LogP) is 4.79. The van der Waals surface area contributed by atoms with E-state index in [1.54, 1.807) is 6.07 Å². The Kier molecular flexibility index (Phi) is 9.25. The van der Waals surface area contributed by atoms with Crippen LogP contribution in [0, 0.1) is 11.7 Å². The first kappa shape index (κ1) is 27.0. The van der Waals surface area contributed by atoms with Gasteiger partial charge in [0.25, 0.3) is 0 Å². The van der Waals surface area contributed by atoms with Crippen LogP contribution in [-0.2, 0) is 33.5 Å². The first-order valence-corrected chi connectivity index (χ1v) is 14.2. The standard InChI is InChI=1S/C30H40FN3O4/c31-24-8-6-23(18-26-5-1-2-15-38-26)27(19-24)28(30(35)36)34-14-10-21(20-34)11-16-37-17-12-25-9-7-22-4-3-13-32-29(22)33-25/h6-9,19,21,26,28H,1-5,10-18,20H2,(H,32,33)(H,35,36)/t21-,26?,28?/m0/s1. The molecule has 1 aromatic carbocycles. The summed E-state index contributed by atoms with van der Waals surface area (Å²) in [5.74, 6) is 0.0559. The maximum absolute atomic E-state index is 14.3. The summed E-state index contributed by atoms with van der Waals surface area (Å²) in [6.45, 7) is 4.34. The zero-order chi connectivity index (χ0) is 26.3. The highest BCUT2D eigenvalue weighted by atomic mass is 19.1. The number of rotatable bonds is 11. The van der Waals surface area contributed by atoms with Crippen LogP contribution in [0.3, 0.4) is 0 Å². The number of carbonyl (C=O) groups is 1. The van der Waals surface area contributed by atoms with Crippen molar-refractivity contribution in [2.24, 2.45) is 5.92 Å². The lowest BCUT2D eigenvalue weighted by atomic mass is 9.93. The molecule has 3 aliphatic heterocycles. The van der Waals surface area contributed by atoms with Gasteiger partial charge in [0.1, 0.15) is 17.7 Å². The SMILES string of the molecule is O=C(O)C(c1cc(F)ccc1CC1CCCCO1)N1CC[C@@H](CCOCCc2ccc3c(n2)NCCC3)C1. The zero-order valence-corrected chi connectivity index (χ0v) is 22.2. The third kappa shape index (κ3) is 6.90. The number of halogens is 1. The van der Waals surface area contributed by atoms with E-state index in [0.717, 1.165) is 81.6 Å². The second-order valence-corrected chi connectivity index (χ2v) is 10.9. The van der Waals surface area contributed by atoms with Gasteiger partial charge in [-0.25, -0.2) is 9.37 Å². The number of aromatic nitrogens is 1. The number of nitrogens with one attached hydrogen (secondary N) is 1. The Morgan fingerprint density at radius 1 is 1.21 bits per heavy atom. The Morgan fingerprint density at radius 3 is 2.97 bits per heavy atom. The van der Waals surface area contributed by atoms with E-state index in [9.17, 15) is 14.3 Å². The maximum Gasteiger partial charge on any atom is 0.325 e. The van der Waals surface area contributed by atoms with E-state index in [-0.39, 0.29) is 6.10 Å². The number of benzene rings is 1. The number of anilines is 1. The van der Waals surface area contributed by atoms with E-state index >= 15 is 0 Å². The fourth-order valence-electron chi connectivity index (χ4n) is 6.08. The Morgan fingerprint density at radius 2 is 2.13 bits per heavy atom. The third-order valence-electron chi connectivity index (χ3n) is 8.17. The van der Waals surface area contributed by atoms with Crippen molar-refractivity contribution >= 4 is 11.8 Å². The largest absolute Gasteiger partial charge is 0.480 e. The summed E-state index contributed by atoms with van der Waals surface area (Å²) in [6, 6.07) is 8.00. The summed E-state index contributed by atoms with van der Waals surface area (Å²) in [4.78, 5) is 19.2. The first-order valence-electron chi connectivity index (χ1n) is 14.2. The van der Waals surface area contributed by atoms with Crippen molar-refractivity contribution in [1.82, 2.24) is 9.88 Å². The number of carboxylic acid groups (broad SMARTS) is 1. The number of pyridine rings is 1. The van der Waals surface area contributed by atoms with Gasteiger partial charge in [0.15, 0.2) is 0 Å². The molecule has 0 spiro atoms. The van der Waals surface area contributed by atoms with E-state index in [1.165, 1.54) is 17.7 Å². The average Bonchev–Trinajstić information content (AvgIpc) is 3.38. The quantitative estimate of drug-likeness (QED) is 0.408. The molecule has 2 saturated heterocycles. The highest BCUT2D eigenvalue weighted by molar-refractivity contribution is 5.76. The monoisotopic (exact) mass is 525 g/mol. The number of aryl methyl sites for hydroxylation is 1. The number of fused-ring (bicyclic) bond motifs is 1. The number of hydrogen-bond acceptors (Lipinski definition) is 6. The highest BCUT2D eigenvalue weighted by Gasteiger charge is 2.35. The van der Waals surface area contributed by atoms with Crippen molar-refractivity contribution in [2.45, 2.75) is 69.9 Å². The summed E-state index contributed by atoms with van der Waals surface area (Å²) in [6.07, 6.45) is 8.64. The predicted molar refractivity (Wildman–Crippen MR) is 144 cm³/mol. The van der Waals surface area contributed by atoms with E-state index in [4.69, 9.17) is 14.5 Å². The number of carboxylic acids is 1. The number of ether oxygens (including phenoxy) is 2. The van der Waals surface area contributed by atoms with Crippen LogP contribution in [0.1, 0.15) is 67.0 Å². The fourth-order valence-corrected chi connectivity index (χ4v) is 6.08. The number of likely N-dealkylation sites (tertiary alicyclic amines) is 1. The van der Waals surface area contributed by atoms with Gasteiger partial charge in [0.05, 0.1) is 12.7 Å². The molecule has 2 unspecified atom stereocenters. The molecule has 0 saturated carbocycles. The van der Waals surface area contributed by atoms with Gasteiger partial charge in [0.2, 0.25) is 0 Å². The number of nitrogens with zero attached hydrogens (tertiary/aromatic N) is 2. The highest BCUT2D eigenvalue weighted by Crippen LogP contribution is 2.33. The summed E-state index contributed by atoms with van der Waals surface area (Å²) >= 11 is 0. The lowest BCUT2D eigenvalue weighted by molar-refractivity contribution is -0.143. The molecule has 4 heterocycles. The van der Waals surface area contributed by atoms with Gasteiger partial charge in [-0.3, -0.25) is 9.69 Å². The zero-order valence-electron chi connectivity index (χ0n) is 22.2. The van der Waals surface area contributed by atoms with Gasteiger partial charge < -0.3 is 19.9 Å². The van der Waals surface area contributed by atoms with Crippen LogP contribution in [0.5, 0.6) is 0 Å². The normalized spacial score (nSPS) is 22.6. The molecule has 38 heavy (non-hydrogen) atoms. The lowest BCUT2D eigenvalue weighted by Crippen LogP contribution is -2.34. The Hall–Kier alpha value is -2.55. The Bertz CT molecular complexity index is 1090. The van der Waals surface area contributed by atoms with Crippen molar-refractivity contribution in [3.63, 3.8) is 0 Å². The van der Waals surface area contributed by atoms with E-state index < -0.39 is 17.8 Å². The number of aliphatic carboxylic acids is 1. The Balaban J connectivity index is 1.12. The molecule has 2 aromatic rings. The van der Waals surface area contributed by atoms with Crippen LogP contribution in [-0.4, -0.2) is 66.5 Å². The molecular weight excluding hydrogens is 485 g/mol. The van der Waals surface area contributed by atoms with Gasteiger partial charge in [-0.05, 0) is 98.7 Å². The van der Waals surface area contributed by atoms with Crippen molar-refractivity contribution in [3.8, 4) is 0 Å². The van der Waals surface area contributed by atoms with Gasteiger partial charge >= 0.3 is 5.97 Å². The molecule has 3 atom stereocenters. The van der Waals surface area contributed by atoms with Crippen LogP contribution >= 0.6 is 0 Å². The minimum atomic E-state index is -0.926. The first-order chi connectivity index (χ1) is 18.6. The number of hydrogen-bond donors (Lipinski definition) is 2. The van der Waals surface area contributed by atoms with Crippen LogP contribution in [0.15, 0.2) is 30.3 Å². The van der Waals surface area contributed by atoms with E-state index in [2.05, 4.69) is 17.4 Å². The molecule has 206 valence electrons. The molecule has 1 aromatic heterocycles. The molecule has 5 rings (SSSR count). The van der Waals surface area contributed by atoms with Gasteiger partial charge in [-0.1, -0.05) is 12.1 Å². The molecule has 0 radical (unpaired) electrons. The molecule has 3 aliphatic rings. The van der Waals surface area contributed by atoms with Crippen molar-refractivity contribution < 1.29 is 23.8 Å². The Labute approximate surface area is 224 Å². The van der Waals surface area contributed by atoms with Crippen LogP contribution in [0.2, 0.25) is 0 Å². The summed E-state index contributed by atoms with van der Waals surface area (Å²) in [5, 5.41) is 13.6. The minimum Gasteiger partial charge on any atom is -0.480 e. The topological polar surface area (TPSA) is 83.9 Å². The van der Waals surface area contributed by atoms with Gasteiger partial charge in [-0.15, -0.1) is 0 Å². The molecule has 0 bridgehead atoms. The van der Waals surface area contributed by atoms with Gasteiger partial charge in [0, 0.05) is 38.4 Å². The molecule has 7 nitrogen and oxygen atoms in total. The van der Waals surface area contributed by atoms with Crippen molar-refractivity contribution in [1.29, 1.82) is 0 Å². The van der Waals surface area contributed by atoms with Crippen LogP contribution < -0.4 is 5.32 Å². The lowest BCUT2D eigenvalue weighted by Gasteiger charge is -2.29. The van der Waals surface area contributed by atoms with Crippen LogP contribution in [0.25, 0.3) is 0 Å². The summed E-state index contributed by atoms with van der Waals surface area (Å²) in [7, 11) is 0. The molecule has 2 N–H and O–H groups in total.